The average Bonchev–Trinajstić information content (AvgIpc) is 2.27. The molecule has 1 atom stereocenters. The molecule has 0 spiro atoms. The molecule has 0 fully saturated rings. The fourth-order valence-corrected chi connectivity index (χ4v) is 2.45. The standard InChI is InChI=1S/C11H10N2O4S/c1-7(4-11(14)15)18-10-5-8(6-12)2-3-9(10)13(16)17/h2-3,5,7H,4H2,1H3,(H,14,15). The van der Waals surface area contributed by atoms with Crippen LogP contribution >= 0.6 is 11.8 Å². The van der Waals surface area contributed by atoms with Crippen molar-refractivity contribution in [3.05, 3.63) is 33.9 Å². The highest BCUT2D eigenvalue weighted by Crippen LogP contribution is 2.33. The second-order valence-corrected chi connectivity index (χ2v) is 5.06. The van der Waals surface area contributed by atoms with Gasteiger partial charge in [0.25, 0.3) is 5.69 Å². The van der Waals surface area contributed by atoms with E-state index in [1.165, 1.54) is 18.2 Å². The Balaban J connectivity index is 3.01. The Kier molecular flexibility index (Phi) is 4.68. The number of rotatable bonds is 5. The van der Waals surface area contributed by atoms with E-state index in [2.05, 4.69) is 0 Å². The van der Waals surface area contributed by atoms with Gasteiger partial charge in [0.15, 0.2) is 0 Å². The average molecular weight is 266 g/mol. The van der Waals surface area contributed by atoms with Crippen molar-refractivity contribution in [1.29, 1.82) is 5.26 Å². The van der Waals surface area contributed by atoms with Gasteiger partial charge in [-0.05, 0) is 12.1 Å². The molecule has 0 saturated heterocycles. The summed E-state index contributed by atoms with van der Waals surface area (Å²) < 4.78 is 0. The minimum absolute atomic E-state index is 0.0986. The number of nitrogens with zero attached hydrogens (tertiary/aromatic N) is 2. The van der Waals surface area contributed by atoms with Gasteiger partial charge < -0.3 is 5.11 Å². The number of hydrogen-bond donors (Lipinski definition) is 1. The molecule has 6 nitrogen and oxygen atoms in total. The van der Waals surface area contributed by atoms with Gasteiger partial charge in [0.05, 0.1) is 27.9 Å². The van der Waals surface area contributed by atoms with Crippen LogP contribution in [-0.2, 0) is 4.79 Å². The Morgan fingerprint density at radius 3 is 2.83 bits per heavy atom. The molecule has 94 valence electrons. The summed E-state index contributed by atoms with van der Waals surface area (Å²) in [6.45, 7) is 1.67. The number of nitro benzene ring substituents is 1. The van der Waals surface area contributed by atoms with Gasteiger partial charge in [-0.2, -0.15) is 5.26 Å². The van der Waals surface area contributed by atoms with E-state index in [1.807, 2.05) is 6.07 Å². The smallest absolute Gasteiger partial charge is 0.304 e. The SMILES string of the molecule is CC(CC(=O)O)Sc1cc(C#N)ccc1[N+](=O)[O-]. The monoisotopic (exact) mass is 266 g/mol. The van der Waals surface area contributed by atoms with E-state index in [0.717, 1.165) is 11.8 Å². The topological polar surface area (TPSA) is 104 Å². The van der Waals surface area contributed by atoms with Gasteiger partial charge in [0.1, 0.15) is 0 Å². The zero-order chi connectivity index (χ0) is 13.7. The first-order valence-corrected chi connectivity index (χ1v) is 5.89. The van der Waals surface area contributed by atoms with Gasteiger partial charge in [0, 0.05) is 11.3 Å². The zero-order valence-corrected chi connectivity index (χ0v) is 10.3. The highest BCUT2D eigenvalue weighted by atomic mass is 32.2. The third-order valence-electron chi connectivity index (χ3n) is 2.08. The van der Waals surface area contributed by atoms with Gasteiger partial charge in [-0.15, -0.1) is 11.8 Å². The third kappa shape index (κ3) is 3.75. The Hall–Kier alpha value is -2.07. The van der Waals surface area contributed by atoms with Gasteiger partial charge in [-0.1, -0.05) is 6.92 Å². The number of carbonyl (C=O) groups is 1. The number of hydrogen-bond acceptors (Lipinski definition) is 5. The molecule has 0 aromatic heterocycles. The maximum Gasteiger partial charge on any atom is 0.304 e. The second kappa shape index (κ2) is 6.02. The van der Waals surface area contributed by atoms with Crippen LogP contribution in [0.2, 0.25) is 0 Å². The molecule has 0 heterocycles. The lowest BCUT2D eigenvalue weighted by Crippen LogP contribution is -2.06. The summed E-state index contributed by atoms with van der Waals surface area (Å²) in [6.07, 6.45) is -0.0986. The van der Waals surface area contributed by atoms with E-state index >= 15 is 0 Å². The lowest BCUT2D eigenvalue weighted by molar-refractivity contribution is -0.387. The van der Waals surface area contributed by atoms with Crippen LogP contribution < -0.4 is 0 Å². The Morgan fingerprint density at radius 1 is 1.67 bits per heavy atom. The fourth-order valence-electron chi connectivity index (χ4n) is 1.33. The highest BCUT2D eigenvalue weighted by Gasteiger charge is 2.18. The number of carboxylic acid groups (broad SMARTS) is 1. The van der Waals surface area contributed by atoms with E-state index in [-0.39, 0.29) is 17.4 Å². The molecule has 1 N–H and O–H groups in total. The van der Waals surface area contributed by atoms with Crippen molar-refractivity contribution in [1.82, 2.24) is 0 Å². The minimum atomic E-state index is -0.964. The molecule has 0 bridgehead atoms. The fraction of sp³-hybridized carbons (Fsp3) is 0.273. The first kappa shape index (κ1) is 14.0. The predicted molar refractivity (Wildman–Crippen MR) is 65.4 cm³/mol. The van der Waals surface area contributed by atoms with Gasteiger partial charge in [-0.25, -0.2) is 0 Å². The first-order chi connectivity index (χ1) is 8.43. The van der Waals surface area contributed by atoms with Crippen molar-refractivity contribution in [3.63, 3.8) is 0 Å². The number of thioether (sulfide) groups is 1. The minimum Gasteiger partial charge on any atom is -0.481 e. The lowest BCUT2D eigenvalue weighted by Gasteiger charge is -2.08. The number of nitro groups is 1. The van der Waals surface area contributed by atoms with Crippen molar-refractivity contribution in [2.24, 2.45) is 0 Å². The van der Waals surface area contributed by atoms with E-state index in [4.69, 9.17) is 10.4 Å². The molecular formula is C11H10N2O4S. The summed E-state index contributed by atoms with van der Waals surface area (Å²) in [4.78, 5) is 21.1. The lowest BCUT2D eigenvalue weighted by atomic mass is 10.2. The molecule has 0 aliphatic heterocycles. The van der Waals surface area contributed by atoms with E-state index < -0.39 is 10.9 Å². The van der Waals surface area contributed by atoms with Crippen LogP contribution in [0.1, 0.15) is 18.9 Å². The largest absolute Gasteiger partial charge is 0.481 e. The van der Waals surface area contributed by atoms with Crippen LogP contribution in [0, 0.1) is 21.4 Å². The van der Waals surface area contributed by atoms with Crippen LogP contribution in [0.25, 0.3) is 0 Å². The number of carboxylic acids is 1. The summed E-state index contributed by atoms with van der Waals surface area (Å²) in [5, 5.41) is 27.9. The van der Waals surface area contributed by atoms with Crippen LogP contribution in [0.15, 0.2) is 23.1 Å². The van der Waals surface area contributed by atoms with Gasteiger partial charge in [0.2, 0.25) is 0 Å². The van der Waals surface area contributed by atoms with Crippen LogP contribution in [0.4, 0.5) is 5.69 Å². The maximum atomic E-state index is 10.8. The summed E-state index contributed by atoms with van der Waals surface area (Å²) in [5.74, 6) is -0.964. The van der Waals surface area contributed by atoms with Crippen molar-refractivity contribution < 1.29 is 14.8 Å². The molecule has 0 aliphatic carbocycles. The Morgan fingerprint density at radius 2 is 2.33 bits per heavy atom. The molecule has 0 aliphatic rings. The van der Waals surface area contributed by atoms with Crippen molar-refractivity contribution in [2.75, 3.05) is 0 Å². The number of nitriles is 1. The molecule has 0 radical (unpaired) electrons. The zero-order valence-electron chi connectivity index (χ0n) is 9.49. The maximum absolute atomic E-state index is 10.8. The number of benzene rings is 1. The van der Waals surface area contributed by atoms with Crippen LogP contribution in [0.5, 0.6) is 0 Å². The van der Waals surface area contributed by atoms with E-state index in [0.29, 0.717) is 10.5 Å². The molecule has 1 aromatic rings. The molecular weight excluding hydrogens is 256 g/mol. The first-order valence-electron chi connectivity index (χ1n) is 5.01. The molecule has 0 saturated carbocycles. The summed E-state index contributed by atoms with van der Waals surface area (Å²) >= 11 is 1.08. The van der Waals surface area contributed by atoms with Gasteiger partial charge >= 0.3 is 5.97 Å². The van der Waals surface area contributed by atoms with E-state index in [9.17, 15) is 14.9 Å². The highest BCUT2D eigenvalue weighted by molar-refractivity contribution is 8.00. The third-order valence-corrected chi connectivity index (χ3v) is 3.23. The molecule has 1 rings (SSSR count). The van der Waals surface area contributed by atoms with Crippen molar-refractivity contribution in [3.8, 4) is 6.07 Å². The van der Waals surface area contributed by atoms with Crippen LogP contribution in [0.3, 0.4) is 0 Å². The molecule has 1 unspecified atom stereocenters. The number of aliphatic carboxylic acids is 1. The van der Waals surface area contributed by atoms with Crippen molar-refractivity contribution in [2.45, 2.75) is 23.5 Å². The Bertz CT molecular complexity index is 524. The van der Waals surface area contributed by atoms with Crippen molar-refractivity contribution >= 4 is 23.4 Å². The van der Waals surface area contributed by atoms with E-state index in [1.54, 1.807) is 6.92 Å². The summed E-state index contributed by atoms with van der Waals surface area (Å²) in [7, 11) is 0. The normalized spacial score (nSPS) is 11.6. The molecule has 18 heavy (non-hydrogen) atoms. The summed E-state index contributed by atoms with van der Waals surface area (Å²) in [5.41, 5.74) is 0.196. The van der Waals surface area contributed by atoms with Crippen LogP contribution in [-0.4, -0.2) is 21.2 Å². The molecule has 7 heteroatoms. The Labute approximate surface area is 107 Å². The quantitative estimate of drug-likeness (QED) is 0.498. The molecule has 1 aromatic carbocycles. The predicted octanol–water partition coefficient (Wildman–Crippen LogP) is 2.42. The molecule has 0 amide bonds. The second-order valence-electron chi connectivity index (χ2n) is 3.58. The summed E-state index contributed by atoms with van der Waals surface area (Å²) in [6, 6.07) is 5.92. The van der Waals surface area contributed by atoms with Gasteiger partial charge in [-0.3, -0.25) is 14.9 Å².